The Morgan fingerprint density at radius 1 is 0.725 bits per heavy atom. The summed E-state index contributed by atoms with van der Waals surface area (Å²) in [6.07, 6.45) is 15.2. The average Bonchev–Trinajstić information content (AvgIpc) is 2.98. The van der Waals surface area contributed by atoms with Gasteiger partial charge in [-0.2, -0.15) is 0 Å². The zero-order valence-electron chi connectivity index (χ0n) is 25.3. The lowest BCUT2D eigenvalue weighted by Gasteiger charge is -2.20. The molecule has 1 unspecified atom stereocenters. The fourth-order valence-corrected chi connectivity index (χ4v) is 5.00. The first-order chi connectivity index (χ1) is 18.8. The molecule has 4 rings (SSSR count). The lowest BCUT2D eigenvalue weighted by atomic mass is 9.87. The number of allylic oxidation sites excluding steroid dienone is 6. The first-order valence-corrected chi connectivity index (χ1v) is 14.7. The molecule has 0 heterocycles. The predicted octanol–water partition coefficient (Wildman–Crippen LogP) is 11.0. The molecule has 40 heavy (non-hydrogen) atoms. The van der Waals surface area contributed by atoms with Crippen molar-refractivity contribution in [3.8, 4) is 0 Å². The summed E-state index contributed by atoms with van der Waals surface area (Å²) >= 11 is 0. The van der Waals surface area contributed by atoms with Crippen LogP contribution in [0, 0.1) is 5.41 Å². The summed E-state index contributed by atoms with van der Waals surface area (Å²) in [4.78, 5) is 0. The molecule has 0 spiro atoms. The topological polar surface area (TPSA) is 12.0 Å². The third-order valence-electron chi connectivity index (χ3n) is 7.60. The van der Waals surface area contributed by atoms with Gasteiger partial charge in [-0.25, -0.2) is 0 Å². The molecule has 3 aromatic rings. The van der Waals surface area contributed by atoms with Crippen molar-refractivity contribution in [3.63, 3.8) is 0 Å². The number of hydrogen-bond acceptors (Lipinski definition) is 1. The van der Waals surface area contributed by atoms with Gasteiger partial charge in [0.2, 0.25) is 0 Å². The van der Waals surface area contributed by atoms with Gasteiger partial charge >= 0.3 is 0 Å². The van der Waals surface area contributed by atoms with Gasteiger partial charge < -0.3 is 5.32 Å². The summed E-state index contributed by atoms with van der Waals surface area (Å²) in [6.45, 7) is 12.3. The van der Waals surface area contributed by atoms with E-state index in [4.69, 9.17) is 0 Å². The van der Waals surface area contributed by atoms with Crippen LogP contribution in [0.4, 0.5) is 0 Å². The summed E-state index contributed by atoms with van der Waals surface area (Å²) < 4.78 is 0. The zero-order valence-corrected chi connectivity index (χ0v) is 26.1. The molecule has 1 nitrogen and oxygen atoms in total. The van der Waals surface area contributed by atoms with E-state index in [2.05, 4.69) is 155 Å². The Morgan fingerprint density at radius 3 is 1.80 bits per heavy atom. The summed E-state index contributed by atoms with van der Waals surface area (Å²) in [6, 6.07) is 32.6. The molecule has 1 atom stereocenters. The molecule has 0 aromatic heterocycles. The van der Waals surface area contributed by atoms with Crippen molar-refractivity contribution in [1.82, 2.24) is 5.32 Å². The van der Waals surface area contributed by atoms with Crippen LogP contribution in [-0.4, -0.2) is 6.54 Å². The maximum atomic E-state index is 3.67. The van der Waals surface area contributed by atoms with Crippen LogP contribution in [0.15, 0.2) is 126 Å². The minimum atomic E-state index is 0. The van der Waals surface area contributed by atoms with Crippen LogP contribution in [0.3, 0.4) is 0 Å². The third kappa shape index (κ3) is 12.1. The van der Waals surface area contributed by atoms with E-state index >= 15 is 0 Å². The van der Waals surface area contributed by atoms with Gasteiger partial charge in [-0.1, -0.05) is 140 Å². The molecule has 1 aliphatic rings. The standard InChI is InChI=1S/C23H25N.C15H24.ClH/c1-19(20-11-5-2-6-12-20)24-18-17-23(21-13-7-3-8-14-21)22-15-9-4-10-16-22;1-13-7-5-8-14(2)10-12-15(3,4)11-6-9-13;/h2-16,19,23-24H,17-18H2,1H3;6-7,10-11H,5,8-9,12H2,1-4H3;1H. The monoisotopic (exact) mass is 555 g/mol. The molecule has 0 amide bonds. The highest BCUT2D eigenvalue weighted by molar-refractivity contribution is 5.85. The lowest BCUT2D eigenvalue weighted by Crippen LogP contribution is -2.21. The van der Waals surface area contributed by atoms with Gasteiger partial charge in [0, 0.05) is 12.0 Å². The maximum Gasteiger partial charge on any atom is 0.0291 e. The predicted molar refractivity (Wildman–Crippen MR) is 178 cm³/mol. The zero-order chi connectivity index (χ0) is 27.9. The molecule has 0 saturated heterocycles. The quantitative estimate of drug-likeness (QED) is 0.286. The molecular weight excluding hydrogens is 506 g/mol. The van der Waals surface area contributed by atoms with Crippen LogP contribution >= 0.6 is 12.4 Å². The highest BCUT2D eigenvalue weighted by Crippen LogP contribution is 2.28. The molecule has 0 saturated carbocycles. The van der Waals surface area contributed by atoms with E-state index in [0.717, 1.165) is 25.8 Å². The number of nitrogens with one attached hydrogen (secondary N) is 1. The lowest BCUT2D eigenvalue weighted by molar-refractivity contribution is 0.486. The van der Waals surface area contributed by atoms with Gasteiger partial charge in [0.05, 0.1) is 0 Å². The van der Waals surface area contributed by atoms with E-state index in [1.807, 2.05) is 0 Å². The molecule has 214 valence electrons. The normalized spacial score (nSPS) is 15.8. The summed E-state index contributed by atoms with van der Waals surface area (Å²) in [5.41, 5.74) is 7.45. The van der Waals surface area contributed by atoms with E-state index in [1.54, 1.807) is 0 Å². The molecule has 3 aromatic carbocycles. The Kier molecular flexibility index (Phi) is 14.8. The Morgan fingerprint density at radius 2 is 1.25 bits per heavy atom. The summed E-state index contributed by atoms with van der Waals surface area (Å²) in [7, 11) is 0. The molecule has 1 aliphatic carbocycles. The average molecular weight is 556 g/mol. The molecule has 1 N–H and O–H groups in total. The van der Waals surface area contributed by atoms with Crippen LogP contribution in [0.1, 0.15) is 95.4 Å². The van der Waals surface area contributed by atoms with E-state index in [-0.39, 0.29) is 12.4 Å². The van der Waals surface area contributed by atoms with Crippen molar-refractivity contribution in [3.05, 3.63) is 143 Å². The van der Waals surface area contributed by atoms with E-state index in [9.17, 15) is 0 Å². The fraction of sp³-hybridized carbons (Fsp3) is 0.368. The number of halogens is 1. The smallest absolute Gasteiger partial charge is 0.0291 e. The van der Waals surface area contributed by atoms with E-state index < -0.39 is 0 Å². The Hall–Kier alpha value is -2.87. The molecule has 0 fully saturated rings. The number of benzene rings is 3. The Bertz CT molecular complexity index is 1140. The maximum absolute atomic E-state index is 3.67. The van der Waals surface area contributed by atoms with Crippen molar-refractivity contribution in [2.45, 2.75) is 78.7 Å². The third-order valence-corrected chi connectivity index (χ3v) is 7.60. The molecule has 0 aliphatic heterocycles. The Balaban J connectivity index is 0.000000304. The van der Waals surface area contributed by atoms with Crippen molar-refractivity contribution >= 4 is 12.4 Å². The van der Waals surface area contributed by atoms with Crippen molar-refractivity contribution in [1.29, 1.82) is 0 Å². The van der Waals surface area contributed by atoms with Gasteiger partial charge in [0.15, 0.2) is 0 Å². The number of hydrogen-bond donors (Lipinski definition) is 1. The fourth-order valence-electron chi connectivity index (χ4n) is 5.00. The first-order valence-electron chi connectivity index (χ1n) is 14.7. The number of rotatable bonds is 7. The van der Waals surface area contributed by atoms with Gasteiger partial charge in [0.25, 0.3) is 0 Å². The van der Waals surface area contributed by atoms with E-state index in [1.165, 1.54) is 40.7 Å². The largest absolute Gasteiger partial charge is 0.310 e. The minimum absolute atomic E-state index is 0. The molecule has 2 heteroatoms. The van der Waals surface area contributed by atoms with Gasteiger partial charge in [-0.15, -0.1) is 12.4 Å². The second kappa shape index (κ2) is 17.7. The highest BCUT2D eigenvalue weighted by Gasteiger charge is 2.14. The van der Waals surface area contributed by atoms with Crippen LogP contribution in [0.2, 0.25) is 0 Å². The SMILES string of the molecule is CC(NCCC(c1ccccc1)c1ccccc1)c1ccccc1.CC1=CCCC(C)=CCC(C)(C)C=CC1.Cl. The van der Waals surface area contributed by atoms with Crippen LogP contribution < -0.4 is 5.32 Å². The summed E-state index contributed by atoms with van der Waals surface area (Å²) in [5, 5.41) is 3.67. The Labute approximate surface area is 250 Å². The van der Waals surface area contributed by atoms with Crippen LogP contribution in [0.5, 0.6) is 0 Å². The van der Waals surface area contributed by atoms with Crippen LogP contribution in [-0.2, 0) is 0 Å². The van der Waals surface area contributed by atoms with Crippen LogP contribution in [0.25, 0.3) is 0 Å². The van der Waals surface area contributed by atoms with E-state index in [0.29, 0.717) is 17.4 Å². The molecular formula is C38H50ClN. The van der Waals surface area contributed by atoms with Gasteiger partial charge in [-0.3, -0.25) is 0 Å². The second-order valence-corrected chi connectivity index (χ2v) is 11.7. The summed E-state index contributed by atoms with van der Waals surface area (Å²) in [5.74, 6) is 0.433. The van der Waals surface area contributed by atoms with Gasteiger partial charge in [0.1, 0.15) is 0 Å². The first kappa shape index (κ1) is 33.3. The van der Waals surface area contributed by atoms with Crippen molar-refractivity contribution in [2.75, 3.05) is 6.54 Å². The molecule has 0 bridgehead atoms. The molecule has 0 radical (unpaired) electrons. The van der Waals surface area contributed by atoms with Crippen molar-refractivity contribution in [2.24, 2.45) is 5.41 Å². The second-order valence-electron chi connectivity index (χ2n) is 11.7. The van der Waals surface area contributed by atoms with Crippen molar-refractivity contribution < 1.29 is 0 Å². The highest BCUT2D eigenvalue weighted by atomic mass is 35.5. The van der Waals surface area contributed by atoms with Gasteiger partial charge in [-0.05, 0) is 81.5 Å². The minimum Gasteiger partial charge on any atom is -0.310 e.